The number of imide groups is 1. The van der Waals surface area contributed by atoms with Gasteiger partial charge in [-0.2, -0.15) is 0 Å². The molecule has 3 N–H and O–H groups in total. The number of carbonyl (C=O) groups excluding carboxylic acids is 6. The molecule has 1 aliphatic rings. The second-order valence-corrected chi connectivity index (χ2v) is 8.62. The molecule has 0 fully saturated rings. The van der Waals surface area contributed by atoms with Crippen molar-refractivity contribution in [3.63, 3.8) is 0 Å². The van der Waals surface area contributed by atoms with Crippen molar-refractivity contribution < 1.29 is 38.2 Å². The Kier molecular flexibility index (Phi) is 14.1. The Labute approximate surface area is 227 Å². The van der Waals surface area contributed by atoms with Gasteiger partial charge in [-0.1, -0.05) is 30.3 Å². The lowest BCUT2D eigenvalue weighted by Gasteiger charge is -2.16. The Balaban J connectivity index is 1.51. The summed E-state index contributed by atoms with van der Waals surface area (Å²) in [6, 6.07) is 9.22. The Morgan fingerprint density at radius 1 is 0.821 bits per heavy atom. The smallest absolute Gasteiger partial charge is 0.253 e. The number of Topliss-reactive ketones (excluding diaryl/α,β-unsaturated/α-hetero) is 1. The molecule has 0 aliphatic carbocycles. The van der Waals surface area contributed by atoms with Crippen molar-refractivity contribution in [2.75, 3.05) is 52.6 Å². The van der Waals surface area contributed by atoms with Gasteiger partial charge in [0.05, 0.1) is 33.0 Å². The fraction of sp³-hybridized carbons (Fsp3) is 0.481. The average molecular weight is 545 g/mol. The number of ether oxygens (including phenoxy) is 2. The lowest BCUT2D eigenvalue weighted by atomic mass is 9.94. The van der Waals surface area contributed by atoms with Crippen LogP contribution in [0.2, 0.25) is 0 Å². The van der Waals surface area contributed by atoms with E-state index in [2.05, 4.69) is 16.0 Å². The van der Waals surface area contributed by atoms with E-state index in [9.17, 15) is 28.8 Å². The van der Waals surface area contributed by atoms with E-state index in [1.54, 1.807) is 6.92 Å². The number of nitrogens with one attached hydrogen (secondary N) is 3. The van der Waals surface area contributed by atoms with Gasteiger partial charge in [-0.05, 0) is 18.9 Å². The van der Waals surface area contributed by atoms with Crippen molar-refractivity contribution >= 4 is 35.3 Å². The third-order valence-electron chi connectivity index (χ3n) is 5.68. The van der Waals surface area contributed by atoms with Gasteiger partial charge in [0.15, 0.2) is 5.78 Å². The second kappa shape index (κ2) is 17.6. The SMILES string of the molecule is CCNC(=O)C(Cc1ccccc1)C(=O)CNC(=O)CCOCCOCCNC(=O)CCN1C(=O)C=CC1=O. The second-order valence-electron chi connectivity index (χ2n) is 8.62. The van der Waals surface area contributed by atoms with Gasteiger partial charge in [-0.25, -0.2) is 0 Å². The summed E-state index contributed by atoms with van der Waals surface area (Å²) in [4.78, 5) is 72.8. The summed E-state index contributed by atoms with van der Waals surface area (Å²) < 4.78 is 10.7. The van der Waals surface area contributed by atoms with Crippen LogP contribution in [0.3, 0.4) is 0 Å². The fourth-order valence-electron chi connectivity index (χ4n) is 3.60. The Morgan fingerprint density at radius 2 is 1.46 bits per heavy atom. The van der Waals surface area contributed by atoms with Gasteiger partial charge >= 0.3 is 0 Å². The topological polar surface area (TPSA) is 160 Å². The molecule has 1 aromatic rings. The normalized spacial score (nSPS) is 13.3. The minimum absolute atomic E-state index is 0.00948. The summed E-state index contributed by atoms with van der Waals surface area (Å²) in [5, 5.41) is 7.85. The van der Waals surface area contributed by atoms with Crippen LogP contribution < -0.4 is 16.0 Å². The number of carbonyl (C=O) groups is 6. The fourth-order valence-corrected chi connectivity index (χ4v) is 3.60. The molecule has 12 nitrogen and oxygen atoms in total. The van der Waals surface area contributed by atoms with E-state index in [0.29, 0.717) is 6.54 Å². The van der Waals surface area contributed by atoms with Crippen LogP contribution >= 0.6 is 0 Å². The van der Waals surface area contributed by atoms with Gasteiger partial charge in [0, 0.05) is 44.6 Å². The van der Waals surface area contributed by atoms with Crippen molar-refractivity contribution in [3.8, 4) is 0 Å². The van der Waals surface area contributed by atoms with Crippen LogP contribution in [0.4, 0.5) is 0 Å². The Bertz CT molecular complexity index is 1010. The van der Waals surface area contributed by atoms with E-state index >= 15 is 0 Å². The summed E-state index contributed by atoms with van der Waals surface area (Å²) in [5.41, 5.74) is 0.858. The highest BCUT2D eigenvalue weighted by Gasteiger charge is 2.26. The minimum Gasteiger partial charge on any atom is -0.379 e. The maximum absolute atomic E-state index is 12.7. The zero-order chi connectivity index (χ0) is 28.5. The van der Waals surface area contributed by atoms with E-state index in [4.69, 9.17) is 9.47 Å². The molecule has 1 heterocycles. The highest BCUT2D eigenvalue weighted by atomic mass is 16.5. The quantitative estimate of drug-likeness (QED) is 0.120. The Morgan fingerprint density at radius 3 is 2.13 bits per heavy atom. The minimum atomic E-state index is -0.887. The number of ketones is 1. The molecular formula is C27H36N4O8. The van der Waals surface area contributed by atoms with E-state index in [0.717, 1.165) is 10.5 Å². The number of nitrogens with zero attached hydrogens (tertiary/aromatic N) is 1. The molecule has 0 saturated heterocycles. The standard InChI is InChI=1S/C27H36N4O8/c1-2-28-27(37)21(18-20-6-4-3-5-7-20)22(32)19-30-24(34)11-14-38-16-17-39-15-12-29-23(33)10-13-31-25(35)8-9-26(31)36/h3-9,21H,2,10-19H2,1H3,(H,28,37)(H,29,33)(H,30,34). The molecule has 2 rings (SSSR count). The molecular weight excluding hydrogens is 508 g/mol. The molecule has 212 valence electrons. The summed E-state index contributed by atoms with van der Waals surface area (Å²) >= 11 is 0. The lowest BCUT2D eigenvalue weighted by molar-refractivity contribution is -0.137. The van der Waals surface area contributed by atoms with Crippen LogP contribution in [0.1, 0.15) is 25.3 Å². The molecule has 1 aliphatic heterocycles. The van der Waals surface area contributed by atoms with E-state index in [1.807, 2.05) is 30.3 Å². The molecule has 1 aromatic carbocycles. The molecule has 0 saturated carbocycles. The van der Waals surface area contributed by atoms with E-state index in [1.165, 1.54) is 12.2 Å². The summed E-state index contributed by atoms with van der Waals surface area (Å²) in [6.45, 7) is 3.09. The third-order valence-corrected chi connectivity index (χ3v) is 5.68. The van der Waals surface area contributed by atoms with Gasteiger partial charge in [0.25, 0.3) is 11.8 Å². The van der Waals surface area contributed by atoms with Crippen molar-refractivity contribution in [2.24, 2.45) is 5.92 Å². The number of hydrogen-bond donors (Lipinski definition) is 3. The van der Waals surface area contributed by atoms with Crippen LogP contribution in [0.15, 0.2) is 42.5 Å². The highest BCUT2D eigenvalue weighted by Crippen LogP contribution is 2.10. The molecule has 12 heteroatoms. The number of benzene rings is 1. The van der Waals surface area contributed by atoms with E-state index in [-0.39, 0.29) is 88.8 Å². The first-order valence-electron chi connectivity index (χ1n) is 12.9. The van der Waals surface area contributed by atoms with E-state index < -0.39 is 17.7 Å². The maximum Gasteiger partial charge on any atom is 0.253 e. The monoisotopic (exact) mass is 544 g/mol. The number of hydrogen-bond acceptors (Lipinski definition) is 8. The first kappa shape index (κ1) is 31.3. The predicted octanol–water partition coefficient (Wildman–Crippen LogP) is -0.479. The van der Waals surface area contributed by atoms with Crippen LogP contribution in [0, 0.1) is 5.92 Å². The molecule has 1 atom stereocenters. The summed E-state index contributed by atoms with van der Waals surface area (Å²) in [6.07, 6.45) is 2.65. The molecule has 0 aromatic heterocycles. The van der Waals surface area contributed by atoms with Crippen LogP contribution in [-0.2, 0) is 44.7 Å². The van der Waals surface area contributed by atoms with Gasteiger partial charge < -0.3 is 25.4 Å². The largest absolute Gasteiger partial charge is 0.379 e. The lowest BCUT2D eigenvalue weighted by Crippen LogP contribution is -2.41. The first-order valence-corrected chi connectivity index (χ1v) is 12.9. The van der Waals surface area contributed by atoms with Crippen molar-refractivity contribution in [2.45, 2.75) is 26.2 Å². The molecule has 0 radical (unpaired) electrons. The molecule has 39 heavy (non-hydrogen) atoms. The molecule has 1 unspecified atom stereocenters. The molecule has 0 spiro atoms. The number of rotatable bonds is 19. The predicted molar refractivity (Wildman–Crippen MR) is 140 cm³/mol. The van der Waals surface area contributed by atoms with Crippen molar-refractivity contribution in [3.05, 3.63) is 48.0 Å². The third kappa shape index (κ3) is 12.0. The van der Waals surface area contributed by atoms with Gasteiger partial charge in [-0.3, -0.25) is 33.7 Å². The van der Waals surface area contributed by atoms with Gasteiger partial charge in [0.1, 0.15) is 5.92 Å². The summed E-state index contributed by atoms with van der Waals surface area (Å²) in [5.74, 6) is -3.14. The van der Waals surface area contributed by atoms with Crippen LogP contribution in [-0.4, -0.2) is 92.8 Å². The zero-order valence-electron chi connectivity index (χ0n) is 22.1. The number of amides is 5. The van der Waals surface area contributed by atoms with Gasteiger partial charge in [0.2, 0.25) is 17.7 Å². The highest BCUT2D eigenvalue weighted by molar-refractivity contribution is 6.13. The zero-order valence-corrected chi connectivity index (χ0v) is 22.1. The van der Waals surface area contributed by atoms with Crippen LogP contribution in [0.5, 0.6) is 0 Å². The van der Waals surface area contributed by atoms with Crippen LogP contribution in [0.25, 0.3) is 0 Å². The van der Waals surface area contributed by atoms with Gasteiger partial charge in [-0.15, -0.1) is 0 Å². The Hall–Kier alpha value is -3.90. The first-order chi connectivity index (χ1) is 18.8. The molecule has 0 bridgehead atoms. The molecule has 5 amide bonds. The maximum atomic E-state index is 12.7. The van der Waals surface area contributed by atoms with Crippen molar-refractivity contribution in [1.29, 1.82) is 0 Å². The average Bonchev–Trinajstić information content (AvgIpc) is 3.25. The van der Waals surface area contributed by atoms with Crippen molar-refractivity contribution in [1.82, 2.24) is 20.9 Å². The summed E-state index contributed by atoms with van der Waals surface area (Å²) in [7, 11) is 0.